The van der Waals surface area contributed by atoms with Crippen molar-refractivity contribution in [3.63, 3.8) is 0 Å². The summed E-state index contributed by atoms with van der Waals surface area (Å²) in [5.74, 6) is 0. The van der Waals surface area contributed by atoms with E-state index in [9.17, 15) is 0 Å². The van der Waals surface area contributed by atoms with Crippen molar-refractivity contribution in [1.29, 1.82) is 0 Å². The van der Waals surface area contributed by atoms with Crippen molar-refractivity contribution in [2.75, 3.05) is 10.6 Å². The molecule has 0 spiro atoms. The molecule has 0 aromatic heterocycles. The first-order chi connectivity index (χ1) is 14.6. The maximum absolute atomic E-state index is 5.50. The minimum Gasteiger partial charge on any atom is -0.360 e. The second kappa shape index (κ2) is 11.3. The van der Waals surface area contributed by atoms with Crippen LogP contribution in [0.15, 0.2) is 48.5 Å². The summed E-state index contributed by atoms with van der Waals surface area (Å²) < 4.78 is 0. The third-order valence-corrected chi connectivity index (χ3v) is 6.08. The topological polar surface area (TPSA) is 48.1 Å². The van der Waals surface area contributed by atoms with Crippen LogP contribution in [0.1, 0.15) is 50.7 Å². The highest BCUT2D eigenvalue weighted by Gasteiger charge is 2.22. The molecule has 4 nitrogen and oxygen atoms in total. The molecule has 3 rings (SSSR count). The Morgan fingerprint density at radius 1 is 0.667 bits per heavy atom. The summed E-state index contributed by atoms with van der Waals surface area (Å²) in [6.45, 7) is 4.32. The summed E-state index contributed by atoms with van der Waals surface area (Å²) in [5.41, 5.74) is 4.72. The lowest BCUT2D eigenvalue weighted by molar-refractivity contribution is 0.356. The zero-order valence-electron chi connectivity index (χ0n) is 17.8. The Hall–Kier alpha value is -2.18. The molecule has 1 saturated carbocycles. The van der Waals surface area contributed by atoms with Gasteiger partial charge in [0.1, 0.15) is 0 Å². The number of rotatable bonds is 6. The SMILES string of the molecule is CCc1ccc(NC(=S)NC2CCC(NC(=S)Nc3ccc(CC)cc3)CC2)cc1. The number of nitrogens with one attached hydrogen (secondary N) is 4. The van der Waals surface area contributed by atoms with Gasteiger partial charge in [0.15, 0.2) is 10.2 Å². The van der Waals surface area contributed by atoms with Gasteiger partial charge in [-0.15, -0.1) is 0 Å². The molecule has 0 radical (unpaired) electrons. The first-order valence-corrected chi connectivity index (χ1v) is 11.7. The van der Waals surface area contributed by atoms with Gasteiger partial charge in [0.2, 0.25) is 0 Å². The van der Waals surface area contributed by atoms with Crippen LogP contribution < -0.4 is 21.3 Å². The monoisotopic (exact) mass is 440 g/mol. The van der Waals surface area contributed by atoms with Gasteiger partial charge in [0.05, 0.1) is 0 Å². The van der Waals surface area contributed by atoms with Crippen molar-refractivity contribution in [2.24, 2.45) is 0 Å². The third kappa shape index (κ3) is 6.96. The van der Waals surface area contributed by atoms with Crippen LogP contribution in [-0.2, 0) is 12.8 Å². The molecule has 2 aromatic rings. The second-order valence-corrected chi connectivity index (χ2v) is 8.66. The van der Waals surface area contributed by atoms with Crippen LogP contribution in [0.3, 0.4) is 0 Å². The van der Waals surface area contributed by atoms with Crippen LogP contribution in [0.5, 0.6) is 0 Å². The Kier molecular flexibility index (Phi) is 8.46. The largest absolute Gasteiger partial charge is 0.360 e. The molecule has 30 heavy (non-hydrogen) atoms. The summed E-state index contributed by atoms with van der Waals surface area (Å²) in [4.78, 5) is 0. The number of aryl methyl sites for hydroxylation is 2. The number of thiocarbonyl (C=S) groups is 2. The number of benzene rings is 2. The maximum atomic E-state index is 5.50. The van der Waals surface area contributed by atoms with E-state index in [0.29, 0.717) is 22.3 Å². The van der Waals surface area contributed by atoms with Crippen molar-refractivity contribution in [2.45, 2.75) is 64.5 Å². The fourth-order valence-corrected chi connectivity index (χ4v) is 4.30. The Labute approximate surface area is 191 Å². The van der Waals surface area contributed by atoms with Crippen LogP contribution in [0, 0.1) is 0 Å². The Morgan fingerprint density at radius 2 is 1.00 bits per heavy atom. The Morgan fingerprint density at radius 3 is 1.30 bits per heavy atom. The minimum atomic E-state index is 0.404. The highest BCUT2D eigenvalue weighted by Crippen LogP contribution is 2.19. The predicted octanol–water partition coefficient (Wildman–Crippen LogP) is 5.40. The van der Waals surface area contributed by atoms with Gasteiger partial charge in [0, 0.05) is 23.5 Å². The summed E-state index contributed by atoms with van der Waals surface area (Å²) in [7, 11) is 0. The summed E-state index contributed by atoms with van der Waals surface area (Å²) in [5, 5.41) is 14.9. The van der Waals surface area contributed by atoms with E-state index < -0.39 is 0 Å². The number of anilines is 2. The molecule has 0 unspecified atom stereocenters. The van der Waals surface area contributed by atoms with Gasteiger partial charge in [-0.1, -0.05) is 38.1 Å². The lowest BCUT2D eigenvalue weighted by Gasteiger charge is -2.31. The molecule has 1 aliphatic carbocycles. The van der Waals surface area contributed by atoms with Crippen molar-refractivity contribution >= 4 is 46.0 Å². The van der Waals surface area contributed by atoms with Gasteiger partial charge >= 0.3 is 0 Å². The predicted molar refractivity (Wildman–Crippen MR) is 136 cm³/mol. The summed E-state index contributed by atoms with van der Waals surface area (Å²) >= 11 is 11.0. The van der Waals surface area contributed by atoms with Crippen LogP contribution in [0.4, 0.5) is 11.4 Å². The number of hydrogen-bond donors (Lipinski definition) is 4. The zero-order chi connectivity index (χ0) is 21.3. The van der Waals surface area contributed by atoms with Gasteiger partial charge in [0.25, 0.3) is 0 Å². The van der Waals surface area contributed by atoms with Crippen LogP contribution in [0.25, 0.3) is 0 Å². The quantitative estimate of drug-likeness (QED) is 0.452. The van der Waals surface area contributed by atoms with E-state index >= 15 is 0 Å². The highest BCUT2D eigenvalue weighted by atomic mass is 32.1. The van der Waals surface area contributed by atoms with Crippen LogP contribution >= 0.6 is 24.4 Å². The smallest absolute Gasteiger partial charge is 0.170 e. The molecule has 0 atom stereocenters. The minimum absolute atomic E-state index is 0.404. The van der Waals surface area contributed by atoms with Gasteiger partial charge < -0.3 is 21.3 Å². The van der Waals surface area contributed by atoms with Gasteiger partial charge in [-0.3, -0.25) is 0 Å². The standard InChI is InChI=1S/C24H32N4S2/c1-3-17-5-9-19(10-6-17)25-23(29)27-21-13-15-22(16-14-21)28-24(30)26-20-11-7-18(4-2)8-12-20/h5-12,21-22H,3-4,13-16H2,1-2H3,(H2,25,27,29)(H2,26,28,30). The lowest BCUT2D eigenvalue weighted by atomic mass is 9.91. The van der Waals surface area contributed by atoms with Crippen LogP contribution in [0.2, 0.25) is 0 Å². The zero-order valence-corrected chi connectivity index (χ0v) is 19.5. The molecule has 0 bridgehead atoms. The average Bonchev–Trinajstić information content (AvgIpc) is 2.76. The van der Waals surface area contributed by atoms with Crippen molar-refractivity contribution in [3.05, 3.63) is 59.7 Å². The molecule has 1 aliphatic rings. The summed E-state index contributed by atoms with van der Waals surface area (Å²) in [6.07, 6.45) is 6.38. The van der Waals surface area contributed by atoms with Gasteiger partial charge in [-0.05, 0) is 98.4 Å². The van der Waals surface area contributed by atoms with E-state index in [1.165, 1.54) is 11.1 Å². The third-order valence-electron chi connectivity index (χ3n) is 5.64. The molecular weight excluding hydrogens is 408 g/mol. The fourth-order valence-electron chi connectivity index (χ4n) is 3.73. The Balaban J connectivity index is 1.37. The molecule has 0 saturated heterocycles. The van der Waals surface area contributed by atoms with E-state index in [-0.39, 0.29) is 0 Å². The molecule has 0 heterocycles. The first-order valence-electron chi connectivity index (χ1n) is 10.9. The molecule has 4 N–H and O–H groups in total. The maximum Gasteiger partial charge on any atom is 0.170 e. The van der Waals surface area contributed by atoms with E-state index in [1.54, 1.807) is 0 Å². The molecular formula is C24H32N4S2. The molecule has 160 valence electrons. The first kappa shape index (κ1) is 22.5. The molecule has 0 amide bonds. The van der Waals surface area contributed by atoms with E-state index in [4.69, 9.17) is 24.4 Å². The summed E-state index contributed by atoms with van der Waals surface area (Å²) in [6, 6.07) is 17.7. The van der Waals surface area contributed by atoms with E-state index in [2.05, 4.69) is 83.6 Å². The molecule has 2 aromatic carbocycles. The van der Waals surface area contributed by atoms with Crippen molar-refractivity contribution in [1.82, 2.24) is 10.6 Å². The second-order valence-electron chi connectivity index (χ2n) is 7.85. The van der Waals surface area contributed by atoms with Crippen LogP contribution in [-0.4, -0.2) is 22.3 Å². The lowest BCUT2D eigenvalue weighted by Crippen LogP contribution is -2.45. The normalized spacial score (nSPS) is 18.3. The fraction of sp³-hybridized carbons (Fsp3) is 0.417. The van der Waals surface area contributed by atoms with Gasteiger partial charge in [-0.25, -0.2) is 0 Å². The molecule has 0 aliphatic heterocycles. The highest BCUT2D eigenvalue weighted by molar-refractivity contribution is 7.80. The molecule has 6 heteroatoms. The molecule has 1 fully saturated rings. The van der Waals surface area contributed by atoms with Crippen molar-refractivity contribution < 1.29 is 0 Å². The Bertz CT molecular complexity index is 754. The number of hydrogen-bond acceptors (Lipinski definition) is 2. The van der Waals surface area contributed by atoms with Crippen molar-refractivity contribution in [3.8, 4) is 0 Å². The van der Waals surface area contributed by atoms with E-state index in [0.717, 1.165) is 49.9 Å². The van der Waals surface area contributed by atoms with Gasteiger partial charge in [-0.2, -0.15) is 0 Å². The van der Waals surface area contributed by atoms with E-state index in [1.807, 2.05) is 0 Å². The average molecular weight is 441 g/mol.